The van der Waals surface area contributed by atoms with Crippen molar-refractivity contribution in [3.05, 3.63) is 29.7 Å². The summed E-state index contributed by atoms with van der Waals surface area (Å²) in [7, 11) is 3.37. The number of halogens is 3. The number of fused-ring (bicyclic) bond motifs is 1. The SMILES string of the molecule is CO[C@@H](C)[C@H]1C(=O)Nc2c(C)nc(CC3CC(Oc4cnc(C(F)(F)F)nc4)C3)nc2N1C. The van der Waals surface area contributed by atoms with Gasteiger partial charge in [0, 0.05) is 20.6 Å². The van der Waals surface area contributed by atoms with E-state index >= 15 is 0 Å². The molecule has 1 amide bonds. The van der Waals surface area contributed by atoms with Crippen molar-refractivity contribution in [3.8, 4) is 5.75 Å². The van der Waals surface area contributed by atoms with E-state index in [4.69, 9.17) is 14.5 Å². The summed E-state index contributed by atoms with van der Waals surface area (Å²) in [6.07, 6.45) is -0.868. The van der Waals surface area contributed by atoms with Crippen molar-refractivity contribution in [2.45, 2.75) is 57.5 Å². The molecule has 12 heteroatoms. The monoisotopic (exact) mass is 466 g/mol. The molecule has 1 saturated carbocycles. The van der Waals surface area contributed by atoms with E-state index in [9.17, 15) is 18.0 Å². The van der Waals surface area contributed by atoms with Gasteiger partial charge >= 0.3 is 6.18 Å². The Hall–Kier alpha value is -3.02. The van der Waals surface area contributed by atoms with E-state index in [1.165, 1.54) is 0 Å². The smallest absolute Gasteiger partial charge is 0.451 e. The minimum atomic E-state index is -4.58. The number of ether oxygens (including phenoxy) is 2. The fourth-order valence-corrected chi connectivity index (χ4v) is 4.18. The largest absolute Gasteiger partial charge is 0.487 e. The number of amides is 1. The highest BCUT2D eigenvalue weighted by Gasteiger charge is 2.38. The normalized spacial score (nSPS) is 23.4. The number of nitrogens with zero attached hydrogens (tertiary/aromatic N) is 5. The number of nitrogens with one attached hydrogen (secondary N) is 1. The number of hydrogen-bond acceptors (Lipinski definition) is 8. The number of aromatic nitrogens is 4. The molecule has 0 saturated heterocycles. The van der Waals surface area contributed by atoms with Gasteiger partial charge in [0.15, 0.2) is 11.6 Å². The number of rotatable bonds is 6. The van der Waals surface area contributed by atoms with Crippen molar-refractivity contribution in [1.82, 2.24) is 19.9 Å². The minimum absolute atomic E-state index is 0.122. The number of hydrogen-bond donors (Lipinski definition) is 1. The molecule has 2 aromatic heterocycles. The van der Waals surface area contributed by atoms with Crippen LogP contribution in [0.2, 0.25) is 0 Å². The molecule has 2 aromatic rings. The lowest BCUT2D eigenvalue weighted by molar-refractivity contribution is -0.145. The number of aryl methyl sites for hydroxylation is 1. The zero-order chi connectivity index (χ0) is 23.9. The van der Waals surface area contributed by atoms with E-state index in [0.29, 0.717) is 29.4 Å². The number of likely N-dealkylation sites (N-methyl/N-ethyl adjacent to an activating group) is 1. The molecule has 2 aliphatic rings. The third kappa shape index (κ3) is 4.70. The van der Waals surface area contributed by atoms with Gasteiger partial charge in [-0.1, -0.05) is 0 Å². The molecule has 0 spiro atoms. The molecule has 3 heterocycles. The maximum Gasteiger partial charge on any atom is 0.451 e. The second kappa shape index (κ2) is 8.73. The van der Waals surface area contributed by atoms with Crippen LogP contribution in [0.15, 0.2) is 12.4 Å². The average Bonchev–Trinajstić information content (AvgIpc) is 2.72. The highest BCUT2D eigenvalue weighted by Crippen LogP contribution is 2.36. The summed E-state index contributed by atoms with van der Waals surface area (Å²) in [6.45, 7) is 3.66. The van der Waals surface area contributed by atoms with Gasteiger partial charge in [0.25, 0.3) is 0 Å². The van der Waals surface area contributed by atoms with Crippen LogP contribution in [0, 0.1) is 12.8 Å². The van der Waals surface area contributed by atoms with Crippen molar-refractivity contribution in [2.75, 3.05) is 24.4 Å². The van der Waals surface area contributed by atoms with E-state index in [0.717, 1.165) is 25.2 Å². The number of carbonyl (C=O) groups excluding carboxylic acids is 1. The van der Waals surface area contributed by atoms with Crippen molar-refractivity contribution in [2.24, 2.45) is 5.92 Å². The van der Waals surface area contributed by atoms with Crippen LogP contribution in [0.4, 0.5) is 24.7 Å². The van der Waals surface area contributed by atoms with Gasteiger partial charge in [-0.05, 0) is 32.6 Å². The standard InChI is InChI=1S/C21H25F3N6O3/c1-10-16-18(30(3)17(11(2)32-4)19(31)29-16)28-15(27-10)7-12-5-13(6-12)33-14-8-25-20(26-9-14)21(22,23)24/h8-9,11-13,17H,5-7H2,1-4H3,(H,29,31)/t11-,12?,13?,17-/m0/s1. The predicted molar refractivity (Wildman–Crippen MR) is 112 cm³/mol. The average molecular weight is 466 g/mol. The molecule has 178 valence electrons. The summed E-state index contributed by atoms with van der Waals surface area (Å²) in [4.78, 5) is 30.2. The van der Waals surface area contributed by atoms with E-state index in [1.807, 2.05) is 25.8 Å². The molecule has 0 bridgehead atoms. The van der Waals surface area contributed by atoms with Crippen LogP contribution in [-0.4, -0.2) is 58.3 Å². The summed E-state index contributed by atoms with van der Waals surface area (Å²) in [5.74, 6) is 0.456. The quantitative estimate of drug-likeness (QED) is 0.694. The molecule has 1 fully saturated rings. The van der Waals surface area contributed by atoms with Crippen LogP contribution in [0.3, 0.4) is 0 Å². The third-order valence-electron chi connectivity index (χ3n) is 6.05. The van der Waals surface area contributed by atoms with Gasteiger partial charge in [0.05, 0.1) is 30.3 Å². The van der Waals surface area contributed by atoms with Crippen molar-refractivity contribution >= 4 is 17.4 Å². The van der Waals surface area contributed by atoms with Crippen molar-refractivity contribution in [3.63, 3.8) is 0 Å². The van der Waals surface area contributed by atoms with Gasteiger partial charge < -0.3 is 19.7 Å². The van der Waals surface area contributed by atoms with Gasteiger partial charge in [-0.25, -0.2) is 19.9 Å². The molecule has 1 N–H and O–H groups in total. The fourth-order valence-electron chi connectivity index (χ4n) is 4.18. The summed E-state index contributed by atoms with van der Waals surface area (Å²) < 4.78 is 48.7. The Morgan fingerprint density at radius 2 is 1.91 bits per heavy atom. The van der Waals surface area contributed by atoms with Gasteiger partial charge in [-0.3, -0.25) is 4.79 Å². The van der Waals surface area contributed by atoms with Crippen LogP contribution in [0.25, 0.3) is 0 Å². The molecule has 33 heavy (non-hydrogen) atoms. The Balaban J connectivity index is 1.38. The van der Waals surface area contributed by atoms with Gasteiger partial charge in [-0.2, -0.15) is 13.2 Å². The number of anilines is 2. The maximum absolute atomic E-state index is 12.6. The minimum Gasteiger partial charge on any atom is -0.487 e. The lowest BCUT2D eigenvalue weighted by Gasteiger charge is -2.38. The molecule has 9 nitrogen and oxygen atoms in total. The van der Waals surface area contributed by atoms with Crippen molar-refractivity contribution in [1.29, 1.82) is 0 Å². The molecule has 0 unspecified atom stereocenters. The van der Waals surface area contributed by atoms with E-state index < -0.39 is 18.0 Å². The van der Waals surface area contributed by atoms with Crippen LogP contribution in [0.5, 0.6) is 5.75 Å². The fraction of sp³-hybridized carbons (Fsp3) is 0.571. The van der Waals surface area contributed by atoms with Crippen LogP contribution in [0.1, 0.15) is 37.1 Å². The molecule has 1 aliphatic heterocycles. The molecule has 2 atom stereocenters. The second-order valence-corrected chi connectivity index (χ2v) is 8.43. The molecule has 0 aromatic carbocycles. The highest BCUT2D eigenvalue weighted by molar-refractivity contribution is 6.03. The highest BCUT2D eigenvalue weighted by atomic mass is 19.4. The third-order valence-corrected chi connectivity index (χ3v) is 6.05. The lowest BCUT2D eigenvalue weighted by atomic mass is 9.80. The molecular formula is C21H25F3N6O3. The van der Waals surface area contributed by atoms with Crippen LogP contribution in [-0.2, 0) is 22.1 Å². The molecule has 4 rings (SSSR count). The maximum atomic E-state index is 12.6. The van der Waals surface area contributed by atoms with E-state index in [2.05, 4.69) is 20.3 Å². The Morgan fingerprint density at radius 3 is 2.52 bits per heavy atom. The van der Waals surface area contributed by atoms with Gasteiger partial charge in [-0.15, -0.1) is 0 Å². The number of carbonyl (C=O) groups is 1. The van der Waals surface area contributed by atoms with Gasteiger partial charge in [0.2, 0.25) is 11.7 Å². The number of alkyl halides is 3. The second-order valence-electron chi connectivity index (χ2n) is 8.43. The van der Waals surface area contributed by atoms with E-state index in [1.54, 1.807) is 7.11 Å². The predicted octanol–water partition coefficient (Wildman–Crippen LogP) is 2.79. The summed E-state index contributed by atoms with van der Waals surface area (Å²) in [5, 5.41) is 2.89. The summed E-state index contributed by atoms with van der Waals surface area (Å²) in [6, 6.07) is -0.503. The lowest BCUT2D eigenvalue weighted by Crippen LogP contribution is -2.53. The molecular weight excluding hydrogens is 441 g/mol. The first-order valence-electron chi connectivity index (χ1n) is 10.6. The first-order chi connectivity index (χ1) is 15.6. The van der Waals surface area contributed by atoms with Crippen LogP contribution < -0.4 is 15.0 Å². The Bertz CT molecular complexity index is 1030. The number of methoxy groups -OCH3 is 1. The Labute approximate surface area is 188 Å². The first-order valence-corrected chi connectivity index (χ1v) is 10.6. The summed E-state index contributed by atoms with van der Waals surface area (Å²) >= 11 is 0. The Morgan fingerprint density at radius 1 is 1.24 bits per heavy atom. The van der Waals surface area contributed by atoms with Gasteiger partial charge in [0.1, 0.15) is 17.6 Å². The first kappa shape index (κ1) is 23.1. The van der Waals surface area contributed by atoms with E-state index in [-0.39, 0.29) is 29.8 Å². The zero-order valence-electron chi connectivity index (χ0n) is 18.7. The van der Waals surface area contributed by atoms with Crippen molar-refractivity contribution < 1.29 is 27.4 Å². The molecule has 0 radical (unpaired) electrons. The topological polar surface area (TPSA) is 102 Å². The Kier molecular flexibility index (Phi) is 6.12. The summed E-state index contributed by atoms with van der Waals surface area (Å²) in [5.41, 5.74) is 1.29. The van der Waals surface area contributed by atoms with Crippen LogP contribution >= 0.6 is 0 Å². The zero-order valence-corrected chi connectivity index (χ0v) is 18.7. The molecule has 1 aliphatic carbocycles.